The number of carbonyl (C=O) groups is 1. The minimum atomic E-state index is -0.898. The first-order valence-electron chi connectivity index (χ1n) is 13.9. The molecule has 2 heterocycles. The van der Waals surface area contributed by atoms with Crippen LogP contribution in [0.2, 0.25) is 0 Å². The van der Waals surface area contributed by atoms with Crippen LogP contribution in [0, 0.1) is 12.3 Å². The summed E-state index contributed by atoms with van der Waals surface area (Å²) in [5, 5.41) is 2.95. The Hall–Kier alpha value is -4.99. The maximum atomic E-state index is 14.4. The van der Waals surface area contributed by atoms with Gasteiger partial charge in [0.15, 0.2) is 27.8 Å². The second kappa shape index (κ2) is 14.0. The zero-order valence-corrected chi connectivity index (χ0v) is 28.1. The van der Waals surface area contributed by atoms with Crippen molar-refractivity contribution in [1.29, 1.82) is 0 Å². The molecule has 0 unspecified atom stereocenters. The Morgan fingerprint density at radius 1 is 1.02 bits per heavy atom. The zero-order valence-electron chi connectivity index (χ0n) is 25.7. The Balaban J connectivity index is 1.76. The number of amides is 1. The van der Waals surface area contributed by atoms with E-state index < -0.39 is 11.9 Å². The second-order valence-corrected chi connectivity index (χ2v) is 11.8. The summed E-state index contributed by atoms with van der Waals surface area (Å²) in [6, 6.07) is 15.2. The molecule has 1 aliphatic rings. The minimum Gasteiger partial charge on any atom is -0.493 e. The molecule has 10 nitrogen and oxygen atoms in total. The number of hydrogen-bond acceptors (Lipinski definition) is 9. The Bertz CT molecular complexity index is 2040. The lowest BCUT2D eigenvalue weighted by atomic mass is 9.94. The fraction of sp³-hybridized carbons (Fsp3) is 0.206. The van der Waals surface area contributed by atoms with E-state index in [1.165, 1.54) is 44.3 Å². The van der Waals surface area contributed by atoms with Gasteiger partial charge in [0.1, 0.15) is 6.61 Å². The van der Waals surface area contributed by atoms with Crippen molar-refractivity contribution in [3.8, 4) is 41.1 Å². The lowest BCUT2D eigenvalue weighted by Gasteiger charge is -2.26. The molecule has 1 aromatic heterocycles. The van der Waals surface area contributed by atoms with Crippen LogP contribution in [0.15, 0.2) is 80.1 Å². The van der Waals surface area contributed by atoms with Gasteiger partial charge in [-0.05, 0) is 55.0 Å². The Labute approximate surface area is 277 Å². The number of benzene rings is 3. The number of ether oxygens (including phenoxy) is 5. The number of terminal acetylenes is 1. The number of nitrogens with one attached hydrogen (secondary N) is 1. The maximum Gasteiger partial charge on any atom is 0.271 e. The topological polar surface area (TPSA) is 110 Å². The molecule has 0 radical (unpaired) electrons. The molecule has 236 valence electrons. The van der Waals surface area contributed by atoms with Gasteiger partial charge in [0, 0.05) is 15.7 Å². The molecule has 0 fully saturated rings. The lowest BCUT2D eigenvalue weighted by Crippen LogP contribution is -2.40. The third-order valence-electron chi connectivity index (χ3n) is 7.16. The van der Waals surface area contributed by atoms with Gasteiger partial charge >= 0.3 is 0 Å². The van der Waals surface area contributed by atoms with Crippen LogP contribution in [-0.2, 0) is 4.79 Å². The molecule has 0 saturated carbocycles. The smallest absolute Gasteiger partial charge is 0.271 e. The molecule has 1 aliphatic heterocycles. The molecule has 4 aromatic rings. The average Bonchev–Trinajstić information content (AvgIpc) is 3.36. The molecule has 0 bridgehead atoms. The van der Waals surface area contributed by atoms with Crippen molar-refractivity contribution < 1.29 is 28.5 Å². The highest BCUT2D eigenvalue weighted by Crippen LogP contribution is 2.42. The van der Waals surface area contributed by atoms with Crippen LogP contribution in [0.25, 0.3) is 6.08 Å². The van der Waals surface area contributed by atoms with E-state index >= 15 is 0 Å². The molecule has 0 saturated heterocycles. The van der Waals surface area contributed by atoms with E-state index in [1.807, 2.05) is 18.2 Å². The average molecular weight is 705 g/mol. The van der Waals surface area contributed by atoms with E-state index in [-0.39, 0.29) is 17.7 Å². The third-order valence-corrected chi connectivity index (χ3v) is 8.60. The maximum absolute atomic E-state index is 14.4. The summed E-state index contributed by atoms with van der Waals surface area (Å²) < 4.78 is 30.7. The number of nitrogens with zero attached hydrogens (tertiary/aromatic N) is 2. The van der Waals surface area contributed by atoms with Crippen LogP contribution in [-0.4, -0.2) is 45.5 Å². The van der Waals surface area contributed by atoms with Gasteiger partial charge in [0.2, 0.25) is 5.75 Å². The van der Waals surface area contributed by atoms with Crippen molar-refractivity contribution in [2.24, 2.45) is 4.99 Å². The van der Waals surface area contributed by atoms with Gasteiger partial charge in [-0.25, -0.2) is 4.99 Å². The van der Waals surface area contributed by atoms with Crippen LogP contribution in [0.1, 0.15) is 24.1 Å². The van der Waals surface area contributed by atoms with E-state index in [0.717, 1.165) is 0 Å². The standard InChI is InChI=1S/C34H30BrN3O7S/c1-7-13-45-30-21(14-22(35)18-26(30)43-5)17-27-33(40)38-29(20-15-24(41-3)31(44-6)25(16-20)42-4)28(19(2)36-34(38)46-27)32(39)37-23-11-9-8-10-12-23/h1,8-12,14-18,29H,13H2,2-6H3,(H,37,39)/b27-17-/t29-/m0/s1. The monoisotopic (exact) mass is 703 g/mol. The van der Waals surface area contributed by atoms with Crippen molar-refractivity contribution in [1.82, 2.24) is 4.57 Å². The molecule has 1 atom stereocenters. The summed E-state index contributed by atoms with van der Waals surface area (Å²) >= 11 is 4.68. The van der Waals surface area contributed by atoms with E-state index in [1.54, 1.807) is 49.4 Å². The third kappa shape index (κ3) is 6.24. The van der Waals surface area contributed by atoms with Gasteiger partial charge in [-0.15, -0.1) is 6.42 Å². The fourth-order valence-electron chi connectivity index (χ4n) is 5.16. The van der Waals surface area contributed by atoms with Gasteiger partial charge in [0.25, 0.3) is 11.5 Å². The first-order chi connectivity index (χ1) is 22.2. The van der Waals surface area contributed by atoms with Crippen LogP contribution >= 0.6 is 27.3 Å². The Morgan fingerprint density at radius 2 is 1.67 bits per heavy atom. The number of methoxy groups -OCH3 is 4. The molecule has 1 amide bonds. The summed E-state index contributed by atoms with van der Waals surface area (Å²) in [6.45, 7) is 1.74. The summed E-state index contributed by atoms with van der Waals surface area (Å²) in [6.07, 6.45) is 7.15. The first-order valence-corrected chi connectivity index (χ1v) is 15.5. The van der Waals surface area contributed by atoms with Gasteiger partial charge in [-0.3, -0.25) is 14.2 Å². The van der Waals surface area contributed by atoms with Crippen molar-refractivity contribution in [3.63, 3.8) is 0 Å². The predicted molar refractivity (Wildman–Crippen MR) is 180 cm³/mol. The van der Waals surface area contributed by atoms with E-state index in [9.17, 15) is 9.59 Å². The second-order valence-electron chi connectivity index (χ2n) is 9.88. The molecule has 12 heteroatoms. The molecular weight excluding hydrogens is 674 g/mol. The SMILES string of the molecule is C#CCOc1c(/C=c2\sc3n(c2=O)[C@@H](c2cc(OC)c(OC)c(OC)c2)C(C(=O)Nc2ccccc2)=C(C)N=3)cc(Br)cc1OC. The van der Waals surface area contributed by atoms with Gasteiger partial charge in [-0.2, -0.15) is 0 Å². The van der Waals surface area contributed by atoms with Crippen LogP contribution < -0.4 is 43.9 Å². The molecule has 3 aromatic carbocycles. The minimum absolute atomic E-state index is 0.000296. The van der Waals surface area contributed by atoms with Crippen LogP contribution in [0.3, 0.4) is 0 Å². The normalized spacial score (nSPS) is 14.1. The van der Waals surface area contributed by atoms with E-state index in [4.69, 9.17) is 35.1 Å². The fourth-order valence-corrected chi connectivity index (χ4v) is 6.66. The molecule has 0 aliphatic carbocycles. The molecule has 5 rings (SSSR count). The zero-order chi connectivity index (χ0) is 33.0. The van der Waals surface area contributed by atoms with Gasteiger partial charge in [0.05, 0.1) is 50.3 Å². The number of carbonyl (C=O) groups excluding carboxylic acids is 1. The van der Waals surface area contributed by atoms with Gasteiger partial charge in [-0.1, -0.05) is 51.4 Å². The Kier molecular flexibility index (Phi) is 9.84. The molecule has 46 heavy (non-hydrogen) atoms. The quantitative estimate of drug-likeness (QED) is 0.239. The van der Waals surface area contributed by atoms with Crippen LogP contribution in [0.4, 0.5) is 5.69 Å². The predicted octanol–water partition coefficient (Wildman–Crippen LogP) is 4.68. The lowest BCUT2D eigenvalue weighted by molar-refractivity contribution is -0.113. The number of thiazole rings is 1. The van der Waals surface area contributed by atoms with Gasteiger partial charge < -0.3 is 29.0 Å². The highest BCUT2D eigenvalue weighted by atomic mass is 79.9. The first kappa shape index (κ1) is 32.4. The number of rotatable bonds is 10. The van der Waals surface area contributed by atoms with Crippen molar-refractivity contribution in [3.05, 3.63) is 101 Å². The number of allylic oxidation sites excluding steroid dienone is 1. The summed E-state index contributed by atoms with van der Waals surface area (Å²) in [5.41, 5.74) is 2.06. The summed E-state index contributed by atoms with van der Waals surface area (Å²) in [5.74, 6) is 3.98. The molecule has 0 spiro atoms. The number of halogens is 1. The highest BCUT2D eigenvalue weighted by molar-refractivity contribution is 9.10. The summed E-state index contributed by atoms with van der Waals surface area (Å²) in [7, 11) is 6.03. The van der Waals surface area contributed by atoms with Crippen LogP contribution in [0.5, 0.6) is 28.7 Å². The number of anilines is 1. The van der Waals surface area contributed by atoms with E-state index in [2.05, 4.69) is 27.2 Å². The van der Waals surface area contributed by atoms with Crippen molar-refractivity contribution in [2.75, 3.05) is 40.4 Å². The Morgan fingerprint density at radius 3 is 2.28 bits per heavy atom. The van der Waals surface area contributed by atoms with Crippen molar-refractivity contribution in [2.45, 2.75) is 13.0 Å². The molecular formula is C34H30BrN3O7S. The van der Waals surface area contributed by atoms with Crippen molar-refractivity contribution >= 4 is 44.9 Å². The number of hydrogen-bond donors (Lipinski definition) is 1. The molecule has 1 N–H and O–H groups in total. The highest BCUT2D eigenvalue weighted by Gasteiger charge is 2.34. The summed E-state index contributed by atoms with van der Waals surface area (Å²) in [4.78, 5) is 33.5. The number of fused-ring (bicyclic) bond motifs is 1. The number of para-hydroxylation sites is 1. The number of aromatic nitrogens is 1. The van der Waals surface area contributed by atoms with E-state index in [0.29, 0.717) is 65.1 Å². The largest absolute Gasteiger partial charge is 0.493 e.